The van der Waals surface area contributed by atoms with E-state index < -0.39 is 21.0 Å². The Labute approximate surface area is 139 Å². The molecule has 0 saturated heterocycles. The molecule has 2 aromatic carbocycles. The van der Waals surface area contributed by atoms with Gasteiger partial charge in [0, 0.05) is 23.2 Å². The van der Waals surface area contributed by atoms with Crippen LogP contribution in [0, 0.1) is 10.1 Å². The molecular formula is C15H15ClN2O4S. The summed E-state index contributed by atoms with van der Waals surface area (Å²) >= 11 is 5.80. The molecule has 0 saturated carbocycles. The Balaban J connectivity index is 2.11. The molecule has 1 atom stereocenters. The van der Waals surface area contributed by atoms with Crippen LogP contribution in [0.15, 0.2) is 48.5 Å². The smallest absolute Gasteiger partial charge is 0.258 e. The molecule has 0 aliphatic rings. The van der Waals surface area contributed by atoms with Gasteiger partial charge < -0.3 is 0 Å². The highest BCUT2D eigenvalue weighted by molar-refractivity contribution is 7.88. The maximum atomic E-state index is 12.2. The number of hydrogen-bond acceptors (Lipinski definition) is 4. The first kappa shape index (κ1) is 17.4. The third kappa shape index (κ3) is 5.02. The van der Waals surface area contributed by atoms with Crippen molar-refractivity contribution < 1.29 is 13.3 Å². The van der Waals surface area contributed by atoms with Gasteiger partial charge in [0.25, 0.3) is 5.69 Å². The molecule has 0 unspecified atom stereocenters. The predicted octanol–water partition coefficient (Wildman–Crippen LogP) is 3.43. The first-order valence-corrected chi connectivity index (χ1v) is 8.79. The number of nitrogens with zero attached hydrogens (tertiary/aromatic N) is 1. The number of non-ortho nitro benzene ring substituents is 1. The zero-order chi connectivity index (χ0) is 17.0. The molecule has 2 aromatic rings. The van der Waals surface area contributed by atoms with Crippen LogP contribution in [-0.4, -0.2) is 13.3 Å². The van der Waals surface area contributed by atoms with E-state index in [2.05, 4.69) is 4.72 Å². The minimum Gasteiger partial charge on any atom is -0.258 e. The summed E-state index contributed by atoms with van der Waals surface area (Å²) in [6.45, 7) is 1.72. The van der Waals surface area contributed by atoms with Crippen LogP contribution in [0.2, 0.25) is 5.02 Å². The average molecular weight is 355 g/mol. The van der Waals surface area contributed by atoms with E-state index >= 15 is 0 Å². The Kier molecular flexibility index (Phi) is 5.35. The van der Waals surface area contributed by atoms with E-state index in [1.807, 2.05) is 0 Å². The molecule has 0 aliphatic carbocycles. The van der Waals surface area contributed by atoms with Crippen LogP contribution in [-0.2, 0) is 15.8 Å². The third-order valence-corrected chi connectivity index (χ3v) is 4.88. The lowest BCUT2D eigenvalue weighted by Crippen LogP contribution is -2.28. The third-order valence-electron chi connectivity index (χ3n) is 3.20. The molecular weight excluding hydrogens is 340 g/mol. The Hall–Kier alpha value is -1.96. The second kappa shape index (κ2) is 7.08. The number of hydrogen-bond donors (Lipinski definition) is 1. The van der Waals surface area contributed by atoms with E-state index in [1.54, 1.807) is 37.3 Å². The number of benzene rings is 2. The van der Waals surface area contributed by atoms with Crippen molar-refractivity contribution >= 4 is 27.3 Å². The van der Waals surface area contributed by atoms with Gasteiger partial charge in [-0.3, -0.25) is 10.1 Å². The van der Waals surface area contributed by atoms with E-state index in [0.717, 1.165) is 5.56 Å². The van der Waals surface area contributed by atoms with Crippen LogP contribution in [0.4, 0.5) is 5.69 Å². The summed E-state index contributed by atoms with van der Waals surface area (Å²) in [5.74, 6) is -0.327. The summed E-state index contributed by atoms with van der Waals surface area (Å²) in [5.41, 5.74) is 0.996. The van der Waals surface area contributed by atoms with Gasteiger partial charge in [-0.2, -0.15) is 0 Å². The quantitative estimate of drug-likeness (QED) is 0.635. The summed E-state index contributed by atoms with van der Waals surface area (Å²) in [7, 11) is -3.64. The number of nitrogens with one attached hydrogen (secondary N) is 1. The molecule has 0 aromatic heterocycles. The van der Waals surface area contributed by atoms with Gasteiger partial charge in [0.05, 0.1) is 10.7 Å². The highest BCUT2D eigenvalue weighted by Crippen LogP contribution is 2.19. The SMILES string of the molecule is C[C@@H](NS(=O)(=O)Cc1cccc([N+](=O)[O-])c1)c1ccc(Cl)cc1. The first-order valence-electron chi connectivity index (χ1n) is 6.75. The van der Waals surface area contributed by atoms with Crippen molar-refractivity contribution in [3.8, 4) is 0 Å². The molecule has 2 rings (SSSR count). The highest BCUT2D eigenvalue weighted by atomic mass is 35.5. The molecule has 0 radical (unpaired) electrons. The fraction of sp³-hybridized carbons (Fsp3) is 0.200. The van der Waals surface area contributed by atoms with Crippen molar-refractivity contribution in [3.05, 3.63) is 74.8 Å². The Bertz CT molecular complexity index is 806. The van der Waals surface area contributed by atoms with Crippen LogP contribution in [0.5, 0.6) is 0 Å². The first-order chi connectivity index (χ1) is 10.8. The minimum absolute atomic E-state index is 0.136. The molecule has 0 bridgehead atoms. The summed E-state index contributed by atoms with van der Waals surface area (Å²) in [6.07, 6.45) is 0. The van der Waals surface area contributed by atoms with Gasteiger partial charge in [0.2, 0.25) is 10.0 Å². The Morgan fingerprint density at radius 2 is 1.87 bits per heavy atom. The number of rotatable bonds is 6. The van der Waals surface area contributed by atoms with Gasteiger partial charge in [-0.05, 0) is 30.2 Å². The molecule has 8 heteroatoms. The molecule has 0 heterocycles. The molecule has 0 amide bonds. The molecule has 0 aliphatic heterocycles. The van der Waals surface area contributed by atoms with Crippen molar-refractivity contribution in [1.82, 2.24) is 4.72 Å². The number of sulfonamides is 1. The van der Waals surface area contributed by atoms with E-state index in [-0.39, 0.29) is 11.4 Å². The monoisotopic (exact) mass is 354 g/mol. The molecule has 1 N–H and O–H groups in total. The average Bonchev–Trinajstić information content (AvgIpc) is 2.47. The molecule has 6 nitrogen and oxygen atoms in total. The van der Waals surface area contributed by atoms with E-state index in [9.17, 15) is 18.5 Å². The molecule has 122 valence electrons. The van der Waals surface area contributed by atoms with E-state index in [0.29, 0.717) is 10.6 Å². The summed E-state index contributed by atoms with van der Waals surface area (Å²) in [4.78, 5) is 10.2. The van der Waals surface area contributed by atoms with Crippen molar-refractivity contribution in [1.29, 1.82) is 0 Å². The number of halogens is 1. The zero-order valence-electron chi connectivity index (χ0n) is 12.3. The maximum absolute atomic E-state index is 12.2. The second-order valence-corrected chi connectivity index (χ2v) is 7.27. The van der Waals surface area contributed by atoms with E-state index in [4.69, 9.17) is 11.6 Å². The second-order valence-electron chi connectivity index (χ2n) is 5.08. The van der Waals surface area contributed by atoms with Gasteiger partial charge in [-0.25, -0.2) is 13.1 Å². The van der Waals surface area contributed by atoms with Crippen molar-refractivity contribution in [2.24, 2.45) is 0 Å². The zero-order valence-corrected chi connectivity index (χ0v) is 13.8. The van der Waals surface area contributed by atoms with Crippen LogP contribution in [0.1, 0.15) is 24.1 Å². The molecule has 0 spiro atoms. The normalized spacial score (nSPS) is 12.8. The van der Waals surface area contributed by atoms with Gasteiger partial charge in [0.1, 0.15) is 0 Å². The van der Waals surface area contributed by atoms with Crippen molar-refractivity contribution in [2.45, 2.75) is 18.7 Å². The standard InChI is InChI=1S/C15H15ClN2O4S/c1-11(13-5-7-14(16)8-6-13)17-23(21,22)10-12-3-2-4-15(9-12)18(19)20/h2-9,11,17H,10H2,1H3/t11-/m1/s1. The lowest BCUT2D eigenvalue weighted by atomic mass is 10.1. The van der Waals surface area contributed by atoms with Gasteiger partial charge in [-0.1, -0.05) is 35.9 Å². The Morgan fingerprint density at radius 3 is 2.48 bits per heavy atom. The lowest BCUT2D eigenvalue weighted by Gasteiger charge is -2.14. The van der Waals surface area contributed by atoms with Crippen molar-refractivity contribution in [3.63, 3.8) is 0 Å². The number of nitro groups is 1. The van der Waals surface area contributed by atoms with Crippen LogP contribution in [0.3, 0.4) is 0 Å². The predicted molar refractivity (Wildman–Crippen MR) is 88.7 cm³/mol. The summed E-state index contributed by atoms with van der Waals surface area (Å²) in [6, 6.07) is 12.0. The summed E-state index contributed by atoms with van der Waals surface area (Å²) < 4.78 is 27.0. The van der Waals surface area contributed by atoms with Gasteiger partial charge in [-0.15, -0.1) is 0 Å². The summed E-state index contributed by atoms with van der Waals surface area (Å²) in [5, 5.41) is 11.3. The lowest BCUT2D eigenvalue weighted by molar-refractivity contribution is -0.384. The molecule has 23 heavy (non-hydrogen) atoms. The Morgan fingerprint density at radius 1 is 1.22 bits per heavy atom. The number of nitro benzene ring substituents is 1. The molecule has 0 fully saturated rings. The van der Waals surface area contributed by atoms with Gasteiger partial charge >= 0.3 is 0 Å². The minimum atomic E-state index is -3.64. The maximum Gasteiger partial charge on any atom is 0.269 e. The largest absolute Gasteiger partial charge is 0.269 e. The highest BCUT2D eigenvalue weighted by Gasteiger charge is 2.18. The van der Waals surface area contributed by atoms with Crippen LogP contribution < -0.4 is 4.72 Å². The van der Waals surface area contributed by atoms with Crippen LogP contribution in [0.25, 0.3) is 0 Å². The fourth-order valence-corrected chi connectivity index (χ4v) is 3.61. The van der Waals surface area contributed by atoms with E-state index in [1.165, 1.54) is 18.2 Å². The van der Waals surface area contributed by atoms with Crippen molar-refractivity contribution in [2.75, 3.05) is 0 Å². The fourth-order valence-electron chi connectivity index (χ4n) is 2.11. The van der Waals surface area contributed by atoms with Gasteiger partial charge in [0.15, 0.2) is 0 Å². The van der Waals surface area contributed by atoms with Crippen LogP contribution >= 0.6 is 11.6 Å². The topological polar surface area (TPSA) is 89.3 Å².